The highest BCUT2D eigenvalue weighted by molar-refractivity contribution is 8.00. The number of unbranched alkanes of at least 4 members (excludes halogenated alkanes) is 1. The van der Waals surface area contributed by atoms with Gasteiger partial charge in [0.25, 0.3) is 0 Å². The van der Waals surface area contributed by atoms with E-state index in [9.17, 15) is 9.59 Å². The number of nitrogens with one attached hydrogen (secondary N) is 3. The first kappa shape index (κ1) is 20.3. The third-order valence-corrected chi connectivity index (χ3v) is 6.23. The second-order valence-electron chi connectivity index (χ2n) is 6.64. The molecule has 0 aromatic rings. The minimum absolute atomic E-state index is 0.0435. The van der Waals surface area contributed by atoms with Crippen LogP contribution in [0.2, 0.25) is 0 Å². The third-order valence-electron chi connectivity index (χ3n) is 4.72. The lowest BCUT2D eigenvalue weighted by Crippen LogP contribution is -2.39. The second-order valence-corrected chi connectivity index (χ2v) is 7.91. The molecule has 9 heteroatoms. The molecule has 2 aliphatic rings. The minimum Gasteiger partial charge on any atom is -0.355 e. The second kappa shape index (κ2) is 10.8. The van der Waals surface area contributed by atoms with Crippen LogP contribution >= 0.6 is 11.8 Å². The Bertz CT molecular complexity index is 433. The monoisotopic (exact) mass is 372 g/mol. The van der Waals surface area contributed by atoms with Crippen molar-refractivity contribution in [3.8, 4) is 0 Å². The van der Waals surface area contributed by atoms with E-state index in [1.165, 1.54) is 0 Å². The summed E-state index contributed by atoms with van der Waals surface area (Å²) in [5.41, 5.74) is 11.1. The van der Waals surface area contributed by atoms with Gasteiger partial charge in [-0.05, 0) is 12.8 Å². The molecular weight excluding hydrogens is 340 g/mol. The molecule has 3 atom stereocenters. The van der Waals surface area contributed by atoms with E-state index in [-0.39, 0.29) is 24.0 Å². The maximum absolute atomic E-state index is 11.9. The number of thioether (sulfide) groups is 1. The van der Waals surface area contributed by atoms with Crippen LogP contribution in [0.4, 0.5) is 4.79 Å². The zero-order valence-electron chi connectivity index (χ0n) is 14.8. The Kier molecular flexibility index (Phi) is 8.80. The van der Waals surface area contributed by atoms with Crippen molar-refractivity contribution >= 4 is 23.7 Å². The lowest BCUT2D eigenvalue weighted by atomic mass is 10.0. The van der Waals surface area contributed by atoms with Crippen molar-refractivity contribution in [2.75, 3.05) is 45.0 Å². The van der Waals surface area contributed by atoms with Gasteiger partial charge in [-0.2, -0.15) is 11.8 Å². The van der Waals surface area contributed by atoms with Crippen LogP contribution in [0, 0.1) is 0 Å². The fourth-order valence-corrected chi connectivity index (χ4v) is 4.96. The topological polar surface area (TPSA) is 126 Å². The predicted octanol–water partition coefficient (Wildman–Crippen LogP) is -0.952. The summed E-state index contributed by atoms with van der Waals surface area (Å²) in [4.78, 5) is 25.4. The van der Waals surface area contributed by atoms with Crippen molar-refractivity contribution in [3.63, 3.8) is 0 Å². The summed E-state index contributed by atoms with van der Waals surface area (Å²) in [6.45, 7) is 4.24. The number of rotatable bonds is 12. The van der Waals surface area contributed by atoms with Gasteiger partial charge in [0, 0.05) is 56.7 Å². The molecule has 0 spiro atoms. The van der Waals surface area contributed by atoms with Gasteiger partial charge in [0.05, 0.1) is 12.1 Å². The van der Waals surface area contributed by atoms with Gasteiger partial charge in [0.1, 0.15) is 0 Å². The van der Waals surface area contributed by atoms with Gasteiger partial charge in [-0.3, -0.25) is 9.69 Å². The molecule has 3 unspecified atom stereocenters. The van der Waals surface area contributed by atoms with Gasteiger partial charge < -0.3 is 27.4 Å². The zero-order chi connectivity index (χ0) is 18.1. The number of carbonyl (C=O) groups is 2. The van der Waals surface area contributed by atoms with E-state index in [1.807, 2.05) is 11.8 Å². The average molecular weight is 373 g/mol. The normalized spacial score (nSPS) is 24.9. The summed E-state index contributed by atoms with van der Waals surface area (Å²) in [7, 11) is 0. The van der Waals surface area contributed by atoms with E-state index in [1.54, 1.807) is 0 Å². The highest BCUT2D eigenvalue weighted by Crippen LogP contribution is 2.33. The molecule has 0 aliphatic carbocycles. The third kappa shape index (κ3) is 6.65. The molecule has 0 aromatic heterocycles. The summed E-state index contributed by atoms with van der Waals surface area (Å²) < 4.78 is 0. The molecule has 25 heavy (non-hydrogen) atoms. The first-order chi connectivity index (χ1) is 12.1. The smallest absolute Gasteiger partial charge is 0.315 e. The molecule has 0 saturated carbocycles. The van der Waals surface area contributed by atoms with Gasteiger partial charge in [0.2, 0.25) is 5.91 Å². The largest absolute Gasteiger partial charge is 0.355 e. The number of urea groups is 1. The fraction of sp³-hybridized carbons (Fsp3) is 0.875. The number of carbonyl (C=O) groups excluding carboxylic acids is 2. The van der Waals surface area contributed by atoms with Crippen molar-refractivity contribution in [2.24, 2.45) is 11.5 Å². The molecular formula is C16H32N6O2S. The Hall–Kier alpha value is -1.03. The van der Waals surface area contributed by atoms with E-state index in [0.29, 0.717) is 31.3 Å². The number of fused-ring (bicyclic) bond motifs is 1. The van der Waals surface area contributed by atoms with E-state index >= 15 is 0 Å². The number of hydrogen-bond acceptors (Lipinski definition) is 6. The van der Waals surface area contributed by atoms with E-state index in [2.05, 4.69) is 20.9 Å². The summed E-state index contributed by atoms with van der Waals surface area (Å²) in [5, 5.41) is 9.38. The lowest BCUT2D eigenvalue weighted by molar-refractivity contribution is -0.121. The molecule has 3 amide bonds. The highest BCUT2D eigenvalue weighted by Gasteiger charge is 2.42. The maximum atomic E-state index is 11.9. The lowest BCUT2D eigenvalue weighted by Gasteiger charge is -2.20. The van der Waals surface area contributed by atoms with Crippen LogP contribution in [-0.2, 0) is 4.79 Å². The van der Waals surface area contributed by atoms with Gasteiger partial charge in [-0.1, -0.05) is 6.42 Å². The standard InChI is InChI=1S/C16H32N6O2S/c17-5-8-22(9-6-18)10-7-19-14(23)4-2-1-3-13-15-12(11-25-13)20-16(24)21-15/h12-13,15H,1-11,17-18H2,(H,19,23)(H2,20,21,24). The Morgan fingerprint density at radius 2 is 1.96 bits per heavy atom. The SMILES string of the molecule is NCCN(CCN)CCNC(=O)CCCCC1SCC2NC(=O)NC21. The van der Waals surface area contributed by atoms with Crippen LogP contribution in [0.15, 0.2) is 0 Å². The molecule has 7 N–H and O–H groups in total. The zero-order valence-corrected chi connectivity index (χ0v) is 15.7. The summed E-state index contributed by atoms with van der Waals surface area (Å²) in [5.74, 6) is 1.09. The fourth-order valence-electron chi connectivity index (χ4n) is 3.42. The molecule has 2 fully saturated rings. The first-order valence-corrected chi connectivity index (χ1v) is 10.3. The van der Waals surface area contributed by atoms with Crippen LogP contribution < -0.4 is 27.4 Å². The van der Waals surface area contributed by atoms with Crippen LogP contribution in [0.5, 0.6) is 0 Å². The van der Waals surface area contributed by atoms with Crippen LogP contribution in [-0.4, -0.2) is 79.2 Å². The van der Waals surface area contributed by atoms with Crippen molar-refractivity contribution in [3.05, 3.63) is 0 Å². The van der Waals surface area contributed by atoms with Gasteiger partial charge in [-0.15, -0.1) is 0 Å². The Morgan fingerprint density at radius 1 is 1.20 bits per heavy atom. The van der Waals surface area contributed by atoms with Crippen molar-refractivity contribution in [1.29, 1.82) is 0 Å². The number of hydrogen-bond donors (Lipinski definition) is 5. The summed E-state index contributed by atoms with van der Waals surface area (Å²) >= 11 is 1.92. The quantitative estimate of drug-likeness (QED) is 0.222. The van der Waals surface area contributed by atoms with Crippen molar-refractivity contribution in [2.45, 2.75) is 43.0 Å². The average Bonchev–Trinajstić information content (AvgIpc) is 3.11. The molecule has 2 heterocycles. The summed E-state index contributed by atoms with van der Waals surface area (Å²) in [6, 6.07) is 0.483. The Balaban J connectivity index is 1.51. The Labute approximate surface area is 154 Å². The number of nitrogens with two attached hydrogens (primary N) is 2. The van der Waals surface area contributed by atoms with Crippen LogP contribution in [0.1, 0.15) is 25.7 Å². The van der Waals surface area contributed by atoms with Crippen LogP contribution in [0.25, 0.3) is 0 Å². The minimum atomic E-state index is -0.0435. The first-order valence-electron chi connectivity index (χ1n) is 9.22. The molecule has 0 aromatic carbocycles. The van der Waals surface area contributed by atoms with Crippen molar-refractivity contribution in [1.82, 2.24) is 20.9 Å². The Morgan fingerprint density at radius 3 is 2.68 bits per heavy atom. The summed E-state index contributed by atoms with van der Waals surface area (Å²) in [6.07, 6.45) is 3.50. The molecule has 2 aliphatic heterocycles. The van der Waals surface area contributed by atoms with E-state index in [4.69, 9.17) is 11.5 Å². The highest BCUT2D eigenvalue weighted by atomic mass is 32.2. The predicted molar refractivity (Wildman–Crippen MR) is 102 cm³/mol. The molecule has 144 valence electrons. The van der Waals surface area contributed by atoms with Crippen LogP contribution in [0.3, 0.4) is 0 Å². The molecule has 2 rings (SSSR count). The molecule has 0 bridgehead atoms. The molecule has 8 nitrogen and oxygen atoms in total. The van der Waals surface area contributed by atoms with E-state index < -0.39 is 0 Å². The van der Waals surface area contributed by atoms with E-state index in [0.717, 1.165) is 44.6 Å². The van der Waals surface area contributed by atoms with Gasteiger partial charge in [-0.25, -0.2) is 4.79 Å². The number of amides is 3. The molecule has 2 saturated heterocycles. The maximum Gasteiger partial charge on any atom is 0.315 e. The van der Waals surface area contributed by atoms with Gasteiger partial charge in [0.15, 0.2) is 0 Å². The molecule has 0 radical (unpaired) electrons. The van der Waals surface area contributed by atoms with Crippen molar-refractivity contribution < 1.29 is 9.59 Å². The number of nitrogens with zero attached hydrogens (tertiary/aromatic N) is 1. The van der Waals surface area contributed by atoms with Gasteiger partial charge >= 0.3 is 6.03 Å².